The Labute approximate surface area is 161 Å². The monoisotopic (exact) mass is 390 g/mol. The molecule has 0 aliphatic rings. The summed E-state index contributed by atoms with van der Waals surface area (Å²) in [5.41, 5.74) is 2.94. The van der Waals surface area contributed by atoms with Gasteiger partial charge in [0, 0.05) is 11.8 Å². The van der Waals surface area contributed by atoms with E-state index in [-0.39, 0.29) is 5.91 Å². The Morgan fingerprint density at radius 1 is 1.15 bits per heavy atom. The molecular weight excluding hydrogens is 364 g/mol. The lowest BCUT2D eigenvalue weighted by molar-refractivity contribution is -0.117. The van der Waals surface area contributed by atoms with Crippen LogP contribution in [-0.2, 0) is 14.8 Å². The molecule has 0 spiro atoms. The minimum atomic E-state index is -3.69. The summed E-state index contributed by atoms with van der Waals surface area (Å²) in [5, 5.41) is 2.90. The van der Waals surface area contributed by atoms with E-state index in [0.717, 1.165) is 21.7 Å². The van der Waals surface area contributed by atoms with Crippen molar-refractivity contribution < 1.29 is 17.9 Å². The molecule has 1 atom stereocenters. The van der Waals surface area contributed by atoms with Crippen molar-refractivity contribution in [1.82, 2.24) is 0 Å². The largest absolute Gasteiger partial charge is 0.497 e. The molecule has 0 saturated heterocycles. The predicted molar refractivity (Wildman–Crippen MR) is 109 cm³/mol. The van der Waals surface area contributed by atoms with Gasteiger partial charge in [-0.15, -0.1) is 0 Å². The third-order valence-electron chi connectivity index (χ3n) is 4.37. The van der Waals surface area contributed by atoms with Crippen LogP contribution in [0, 0.1) is 13.8 Å². The summed E-state index contributed by atoms with van der Waals surface area (Å²) in [4.78, 5) is 13.0. The molecule has 0 heterocycles. The molecule has 0 aliphatic carbocycles. The molecule has 1 N–H and O–H groups in total. The second kappa shape index (κ2) is 8.43. The molecule has 0 radical (unpaired) electrons. The average molecular weight is 391 g/mol. The number of nitrogens with one attached hydrogen (secondary N) is 1. The Balaban J connectivity index is 2.44. The highest BCUT2D eigenvalue weighted by Gasteiger charge is 2.32. The van der Waals surface area contributed by atoms with Crippen LogP contribution in [0.2, 0.25) is 0 Å². The number of nitrogens with zero attached hydrogens (tertiary/aromatic N) is 1. The van der Waals surface area contributed by atoms with Gasteiger partial charge in [-0.2, -0.15) is 0 Å². The van der Waals surface area contributed by atoms with Gasteiger partial charge in [0.25, 0.3) is 0 Å². The van der Waals surface area contributed by atoms with E-state index in [9.17, 15) is 13.2 Å². The maximum atomic E-state index is 13.0. The molecule has 1 amide bonds. The normalized spacial score (nSPS) is 12.3. The summed E-state index contributed by atoms with van der Waals surface area (Å²) in [6, 6.07) is 11.5. The van der Waals surface area contributed by atoms with Gasteiger partial charge in [0.2, 0.25) is 15.9 Å². The lowest BCUT2D eigenvalue weighted by Crippen LogP contribution is -2.47. The van der Waals surface area contributed by atoms with Gasteiger partial charge in [-0.3, -0.25) is 9.10 Å². The second-order valence-electron chi connectivity index (χ2n) is 6.44. The summed E-state index contributed by atoms with van der Waals surface area (Å²) in [7, 11) is -2.19. The topological polar surface area (TPSA) is 75.7 Å². The molecule has 7 heteroatoms. The molecule has 0 bridgehead atoms. The van der Waals surface area contributed by atoms with Crippen LogP contribution in [0.15, 0.2) is 42.5 Å². The van der Waals surface area contributed by atoms with Gasteiger partial charge in [0.15, 0.2) is 0 Å². The van der Waals surface area contributed by atoms with Crippen molar-refractivity contribution in [1.29, 1.82) is 0 Å². The number of aryl methyl sites for hydroxylation is 2. The fourth-order valence-corrected chi connectivity index (χ4v) is 4.23. The van der Waals surface area contributed by atoms with Gasteiger partial charge in [-0.25, -0.2) is 8.42 Å². The second-order valence-corrected chi connectivity index (χ2v) is 8.30. The number of ether oxygens (including phenoxy) is 1. The zero-order valence-corrected chi connectivity index (χ0v) is 17.1. The van der Waals surface area contributed by atoms with Crippen molar-refractivity contribution in [2.45, 2.75) is 33.2 Å². The molecule has 146 valence electrons. The Morgan fingerprint density at radius 2 is 1.74 bits per heavy atom. The standard InChI is InChI=1S/C20H26N2O4S/c1-6-18(20(23)21-19-14(2)9-7-10-15(19)3)22(27(5,24)25)16-11-8-12-17(13-16)26-4/h7-13,18H,6H2,1-5H3,(H,21,23)/t18-/m1/s1. The number of rotatable bonds is 7. The summed E-state index contributed by atoms with van der Waals surface area (Å²) in [6.45, 7) is 5.59. The number of sulfonamides is 1. The molecule has 0 fully saturated rings. The van der Waals surface area contributed by atoms with Crippen molar-refractivity contribution in [2.75, 3.05) is 23.0 Å². The van der Waals surface area contributed by atoms with E-state index >= 15 is 0 Å². The van der Waals surface area contributed by atoms with Crippen LogP contribution in [-0.4, -0.2) is 33.7 Å². The maximum absolute atomic E-state index is 13.0. The van der Waals surface area contributed by atoms with E-state index in [4.69, 9.17) is 4.74 Å². The number of benzene rings is 2. The van der Waals surface area contributed by atoms with Crippen molar-refractivity contribution in [2.24, 2.45) is 0 Å². The highest BCUT2D eigenvalue weighted by atomic mass is 32.2. The van der Waals surface area contributed by atoms with Gasteiger partial charge in [-0.1, -0.05) is 31.2 Å². The zero-order chi connectivity index (χ0) is 20.2. The van der Waals surface area contributed by atoms with Crippen LogP contribution in [0.3, 0.4) is 0 Å². The fraction of sp³-hybridized carbons (Fsp3) is 0.350. The van der Waals surface area contributed by atoms with Crippen LogP contribution < -0.4 is 14.4 Å². The third-order valence-corrected chi connectivity index (χ3v) is 5.55. The number of carbonyl (C=O) groups excluding carboxylic acids is 1. The SMILES string of the molecule is CC[C@H](C(=O)Nc1c(C)cccc1C)N(c1cccc(OC)c1)S(C)(=O)=O. The predicted octanol–water partition coefficient (Wildman–Crippen LogP) is 3.50. The average Bonchev–Trinajstić information content (AvgIpc) is 2.61. The molecular formula is C20H26N2O4S. The first-order chi connectivity index (χ1) is 12.7. The Morgan fingerprint density at radius 3 is 2.26 bits per heavy atom. The first kappa shape index (κ1) is 20.8. The van der Waals surface area contributed by atoms with E-state index in [1.807, 2.05) is 32.0 Å². The maximum Gasteiger partial charge on any atom is 0.248 e. The van der Waals surface area contributed by atoms with Crippen LogP contribution >= 0.6 is 0 Å². The van der Waals surface area contributed by atoms with Gasteiger partial charge < -0.3 is 10.1 Å². The Hall–Kier alpha value is -2.54. The quantitative estimate of drug-likeness (QED) is 0.785. The molecule has 2 rings (SSSR count). The highest BCUT2D eigenvalue weighted by Crippen LogP contribution is 2.27. The summed E-state index contributed by atoms with van der Waals surface area (Å²) in [6.07, 6.45) is 1.42. The first-order valence-electron chi connectivity index (χ1n) is 8.69. The Bertz CT molecular complexity index is 905. The van der Waals surface area contributed by atoms with E-state index in [1.54, 1.807) is 31.2 Å². The number of hydrogen-bond donors (Lipinski definition) is 1. The molecule has 0 aromatic heterocycles. The molecule has 0 aliphatic heterocycles. The summed E-state index contributed by atoms with van der Waals surface area (Å²) < 4.78 is 31.4. The van der Waals surface area contributed by atoms with Gasteiger partial charge in [0.1, 0.15) is 11.8 Å². The lowest BCUT2D eigenvalue weighted by atomic mass is 10.1. The first-order valence-corrected chi connectivity index (χ1v) is 10.5. The summed E-state index contributed by atoms with van der Waals surface area (Å²) in [5.74, 6) is 0.148. The molecule has 6 nitrogen and oxygen atoms in total. The van der Waals surface area contributed by atoms with Gasteiger partial charge >= 0.3 is 0 Å². The van der Waals surface area contributed by atoms with Crippen LogP contribution in [0.5, 0.6) is 5.75 Å². The number of methoxy groups -OCH3 is 1. The Kier molecular flexibility index (Phi) is 6.49. The molecule has 0 saturated carbocycles. The number of anilines is 2. The fourth-order valence-electron chi connectivity index (χ4n) is 3.03. The number of carbonyl (C=O) groups is 1. The molecule has 27 heavy (non-hydrogen) atoms. The van der Waals surface area contributed by atoms with E-state index in [0.29, 0.717) is 23.5 Å². The van der Waals surface area contributed by atoms with Crippen LogP contribution in [0.4, 0.5) is 11.4 Å². The van der Waals surface area contributed by atoms with Crippen molar-refractivity contribution >= 4 is 27.3 Å². The minimum Gasteiger partial charge on any atom is -0.497 e. The number of amides is 1. The van der Waals surface area contributed by atoms with Crippen LogP contribution in [0.25, 0.3) is 0 Å². The van der Waals surface area contributed by atoms with Gasteiger partial charge in [-0.05, 0) is 43.5 Å². The third kappa shape index (κ3) is 4.80. The molecule has 2 aromatic rings. The highest BCUT2D eigenvalue weighted by molar-refractivity contribution is 7.92. The zero-order valence-electron chi connectivity index (χ0n) is 16.3. The van der Waals surface area contributed by atoms with Crippen molar-refractivity contribution in [3.63, 3.8) is 0 Å². The van der Waals surface area contributed by atoms with Gasteiger partial charge in [0.05, 0.1) is 19.1 Å². The smallest absolute Gasteiger partial charge is 0.248 e. The molecule has 2 aromatic carbocycles. The lowest BCUT2D eigenvalue weighted by Gasteiger charge is -2.30. The van der Waals surface area contributed by atoms with Crippen molar-refractivity contribution in [3.05, 3.63) is 53.6 Å². The van der Waals surface area contributed by atoms with Crippen molar-refractivity contribution in [3.8, 4) is 5.75 Å². The van der Waals surface area contributed by atoms with E-state index < -0.39 is 16.1 Å². The van der Waals surface area contributed by atoms with Crippen LogP contribution in [0.1, 0.15) is 24.5 Å². The number of hydrogen-bond acceptors (Lipinski definition) is 4. The van der Waals surface area contributed by atoms with E-state index in [2.05, 4.69) is 5.32 Å². The number of para-hydroxylation sites is 1. The minimum absolute atomic E-state index is 0.320. The van der Waals surface area contributed by atoms with E-state index in [1.165, 1.54) is 7.11 Å². The molecule has 0 unspecified atom stereocenters. The summed E-state index contributed by atoms with van der Waals surface area (Å²) >= 11 is 0.